The molecule has 0 amide bonds. The molecule has 1 atom stereocenters. The van der Waals surface area contributed by atoms with Crippen molar-refractivity contribution in [3.8, 4) is 0 Å². The molecular weight excluding hydrogens is 252 g/mol. The predicted octanol–water partition coefficient (Wildman–Crippen LogP) is 2.75. The summed E-state index contributed by atoms with van der Waals surface area (Å²) in [5.74, 6) is 0. The second-order valence-corrected chi connectivity index (χ2v) is 7.25. The third-order valence-electron chi connectivity index (χ3n) is 4.47. The second kappa shape index (κ2) is 5.86. The lowest BCUT2D eigenvalue weighted by atomic mass is 10.2. The Balaban J connectivity index is 1.43. The summed E-state index contributed by atoms with van der Waals surface area (Å²) in [5, 5.41) is 3.79. The van der Waals surface area contributed by atoms with Crippen molar-refractivity contribution in [2.75, 3.05) is 25.9 Å². The van der Waals surface area contributed by atoms with Crippen molar-refractivity contribution in [3.05, 3.63) is 35.9 Å². The van der Waals surface area contributed by atoms with E-state index < -0.39 is 0 Å². The molecule has 1 aliphatic heterocycles. The summed E-state index contributed by atoms with van der Waals surface area (Å²) in [4.78, 5) is 2.58. The Kier molecular flexibility index (Phi) is 4.15. The molecule has 3 rings (SSSR count). The third kappa shape index (κ3) is 3.53. The van der Waals surface area contributed by atoms with Crippen LogP contribution in [0, 0.1) is 0 Å². The predicted molar refractivity (Wildman–Crippen MR) is 83.6 cm³/mol. The summed E-state index contributed by atoms with van der Waals surface area (Å²) in [6, 6.07) is 11.5. The van der Waals surface area contributed by atoms with Gasteiger partial charge in [0.05, 0.1) is 0 Å². The van der Waals surface area contributed by atoms with Gasteiger partial charge in [-0.1, -0.05) is 30.3 Å². The summed E-state index contributed by atoms with van der Waals surface area (Å²) in [6.07, 6.45) is 6.37. The van der Waals surface area contributed by atoms with Crippen LogP contribution in [-0.4, -0.2) is 41.6 Å². The average Bonchev–Trinajstić information content (AvgIpc) is 3.11. The van der Waals surface area contributed by atoms with E-state index in [9.17, 15) is 0 Å². The lowest BCUT2D eigenvalue weighted by Crippen LogP contribution is -2.37. The molecule has 0 aromatic heterocycles. The van der Waals surface area contributed by atoms with Crippen molar-refractivity contribution < 1.29 is 0 Å². The maximum atomic E-state index is 3.79. The molecule has 0 radical (unpaired) electrons. The first-order chi connectivity index (χ1) is 9.30. The Hall–Kier alpha value is -0.510. The SMILES string of the molecule is CSC1(CNC2CCN(Cc3ccccc3)C2)CC1. The molecule has 104 valence electrons. The van der Waals surface area contributed by atoms with Gasteiger partial charge < -0.3 is 5.32 Å². The fourth-order valence-corrected chi connectivity index (χ4v) is 3.65. The molecule has 1 unspecified atom stereocenters. The van der Waals surface area contributed by atoms with Gasteiger partial charge in [-0.25, -0.2) is 0 Å². The lowest BCUT2D eigenvalue weighted by molar-refractivity contribution is 0.320. The molecule has 0 bridgehead atoms. The number of benzene rings is 1. The van der Waals surface area contributed by atoms with Crippen LogP contribution in [0.2, 0.25) is 0 Å². The van der Waals surface area contributed by atoms with Gasteiger partial charge in [-0.05, 0) is 31.1 Å². The van der Waals surface area contributed by atoms with Gasteiger partial charge in [-0.15, -0.1) is 0 Å². The third-order valence-corrected chi connectivity index (χ3v) is 5.89. The van der Waals surface area contributed by atoms with E-state index in [4.69, 9.17) is 0 Å². The highest BCUT2D eigenvalue weighted by atomic mass is 32.2. The van der Waals surface area contributed by atoms with Gasteiger partial charge in [0.25, 0.3) is 0 Å². The molecule has 2 nitrogen and oxygen atoms in total. The highest BCUT2D eigenvalue weighted by Gasteiger charge is 2.42. The van der Waals surface area contributed by atoms with Crippen LogP contribution >= 0.6 is 11.8 Å². The van der Waals surface area contributed by atoms with E-state index in [1.165, 1.54) is 44.5 Å². The maximum Gasteiger partial charge on any atom is 0.0282 e. The number of hydrogen-bond donors (Lipinski definition) is 1. The first-order valence-electron chi connectivity index (χ1n) is 7.34. The van der Waals surface area contributed by atoms with Crippen molar-refractivity contribution in [2.45, 2.75) is 36.6 Å². The van der Waals surface area contributed by atoms with E-state index in [-0.39, 0.29) is 0 Å². The van der Waals surface area contributed by atoms with Gasteiger partial charge in [-0.2, -0.15) is 11.8 Å². The van der Waals surface area contributed by atoms with Crippen molar-refractivity contribution >= 4 is 11.8 Å². The fourth-order valence-electron chi connectivity index (χ4n) is 2.91. The minimum atomic E-state index is 0.590. The summed E-state index contributed by atoms with van der Waals surface area (Å²) in [7, 11) is 0. The number of rotatable bonds is 6. The number of thioether (sulfide) groups is 1. The molecule has 3 heteroatoms. The number of nitrogens with one attached hydrogen (secondary N) is 1. The minimum absolute atomic E-state index is 0.590. The van der Waals surface area contributed by atoms with Crippen molar-refractivity contribution in [3.63, 3.8) is 0 Å². The number of hydrogen-bond acceptors (Lipinski definition) is 3. The van der Waals surface area contributed by atoms with E-state index in [1.54, 1.807) is 0 Å². The second-order valence-electron chi connectivity index (χ2n) is 5.97. The van der Waals surface area contributed by atoms with Gasteiger partial charge >= 0.3 is 0 Å². The molecule has 1 saturated carbocycles. The van der Waals surface area contributed by atoms with Crippen molar-refractivity contribution in [1.82, 2.24) is 10.2 Å². The maximum absolute atomic E-state index is 3.79. The zero-order valence-corrected chi connectivity index (χ0v) is 12.6. The molecular formula is C16H24N2S. The topological polar surface area (TPSA) is 15.3 Å². The van der Waals surface area contributed by atoms with Gasteiger partial charge in [0.2, 0.25) is 0 Å². The van der Waals surface area contributed by atoms with Crippen LogP contribution < -0.4 is 5.32 Å². The Labute approximate surface area is 121 Å². The van der Waals surface area contributed by atoms with E-state index in [1.807, 2.05) is 11.8 Å². The highest BCUT2D eigenvalue weighted by molar-refractivity contribution is 8.00. The van der Waals surface area contributed by atoms with E-state index >= 15 is 0 Å². The van der Waals surface area contributed by atoms with Crippen LogP contribution in [0.4, 0.5) is 0 Å². The monoisotopic (exact) mass is 276 g/mol. The largest absolute Gasteiger partial charge is 0.311 e. The lowest BCUT2D eigenvalue weighted by Gasteiger charge is -2.19. The van der Waals surface area contributed by atoms with Crippen LogP contribution in [0.25, 0.3) is 0 Å². The first kappa shape index (κ1) is 13.5. The van der Waals surface area contributed by atoms with E-state index in [0.29, 0.717) is 10.8 Å². The molecule has 1 heterocycles. The number of nitrogens with zero attached hydrogens (tertiary/aromatic N) is 1. The smallest absolute Gasteiger partial charge is 0.0282 e. The van der Waals surface area contributed by atoms with Crippen LogP contribution in [0.3, 0.4) is 0 Å². The van der Waals surface area contributed by atoms with Gasteiger partial charge in [0.1, 0.15) is 0 Å². The average molecular weight is 276 g/mol. The molecule has 1 aromatic rings. The van der Waals surface area contributed by atoms with E-state index in [0.717, 1.165) is 6.54 Å². The van der Waals surface area contributed by atoms with Crippen LogP contribution in [0.15, 0.2) is 30.3 Å². The summed E-state index contributed by atoms with van der Waals surface area (Å²) >= 11 is 2.05. The highest BCUT2D eigenvalue weighted by Crippen LogP contribution is 2.46. The van der Waals surface area contributed by atoms with Crippen molar-refractivity contribution in [2.24, 2.45) is 0 Å². The van der Waals surface area contributed by atoms with Crippen LogP contribution in [0.1, 0.15) is 24.8 Å². The summed E-state index contributed by atoms with van der Waals surface area (Å²) in [6.45, 7) is 4.75. The summed E-state index contributed by atoms with van der Waals surface area (Å²) in [5.41, 5.74) is 1.44. The quantitative estimate of drug-likeness (QED) is 0.860. The van der Waals surface area contributed by atoms with Gasteiger partial charge in [0, 0.05) is 37.0 Å². The Morgan fingerprint density at radius 1 is 1.32 bits per heavy atom. The molecule has 2 fully saturated rings. The molecule has 19 heavy (non-hydrogen) atoms. The fraction of sp³-hybridized carbons (Fsp3) is 0.625. The van der Waals surface area contributed by atoms with E-state index in [2.05, 4.69) is 46.8 Å². The first-order valence-corrected chi connectivity index (χ1v) is 8.57. The zero-order chi connectivity index (χ0) is 13.1. The van der Waals surface area contributed by atoms with Crippen LogP contribution in [-0.2, 0) is 6.54 Å². The standard InChI is InChI=1S/C16H24N2S/c1-19-16(8-9-16)13-17-15-7-10-18(12-15)11-14-5-3-2-4-6-14/h2-6,15,17H,7-13H2,1H3. The minimum Gasteiger partial charge on any atom is -0.311 e. The molecule has 1 saturated heterocycles. The number of likely N-dealkylation sites (tertiary alicyclic amines) is 1. The molecule has 1 aliphatic carbocycles. The van der Waals surface area contributed by atoms with Crippen molar-refractivity contribution in [1.29, 1.82) is 0 Å². The zero-order valence-electron chi connectivity index (χ0n) is 11.8. The molecule has 1 N–H and O–H groups in total. The van der Waals surface area contributed by atoms with Crippen LogP contribution in [0.5, 0.6) is 0 Å². The Bertz CT molecular complexity index is 402. The normalized spacial score (nSPS) is 25.6. The Morgan fingerprint density at radius 3 is 2.79 bits per heavy atom. The Morgan fingerprint density at radius 2 is 2.11 bits per heavy atom. The molecule has 1 aromatic carbocycles. The van der Waals surface area contributed by atoms with Gasteiger partial charge in [-0.3, -0.25) is 4.90 Å². The molecule has 0 spiro atoms. The summed E-state index contributed by atoms with van der Waals surface area (Å²) < 4.78 is 0.590. The van der Waals surface area contributed by atoms with Gasteiger partial charge in [0.15, 0.2) is 0 Å². The molecule has 2 aliphatic rings.